The molecule has 2 aliphatic heterocycles. The first-order chi connectivity index (χ1) is 26.0. The van der Waals surface area contributed by atoms with Crippen LogP contribution in [0.15, 0.2) is 11.6 Å². The van der Waals surface area contributed by atoms with Gasteiger partial charge in [-0.3, -0.25) is 0 Å². The molecule has 6 aliphatic rings. The van der Waals surface area contributed by atoms with E-state index in [2.05, 4.69) is 40.7 Å². The minimum absolute atomic E-state index is 0.00996. The SMILES string of the molecule is CC(C)=CCC[C@@](C)(O)[C@H]1CC[C@]2(C)[C@@H]1[C@H](O)C[C@@H]1[C@@]3(C)C[C@@H](O)C(O[C@@H]4O[C@H](CO)[C@@H](O)[C@H](O)[C@H]4O[C@@H]4O[C@H](CO)[C@@H](O)[C@H](O)[C@H]4O)C(C)(C)[C@@H]3CC[C@]12C. The molecular weight excluding hydrogens is 728 g/mol. The number of rotatable bonds is 10. The quantitative estimate of drug-likeness (QED) is 0.110. The molecule has 0 radical (unpaired) electrons. The van der Waals surface area contributed by atoms with Gasteiger partial charge in [0.15, 0.2) is 12.6 Å². The molecule has 10 N–H and O–H groups in total. The summed E-state index contributed by atoms with van der Waals surface area (Å²) in [5.41, 5.74) is -1.25. The van der Waals surface area contributed by atoms with E-state index in [9.17, 15) is 51.1 Å². The number of hydrogen-bond donors (Lipinski definition) is 10. The lowest BCUT2D eigenvalue weighted by atomic mass is 9.35. The Bertz CT molecular complexity index is 1400. The lowest BCUT2D eigenvalue weighted by molar-refractivity contribution is -0.383. The van der Waals surface area contributed by atoms with Gasteiger partial charge in [-0.25, -0.2) is 0 Å². The Hall–Kier alpha value is -0.820. The number of allylic oxidation sites excluding steroid dienone is 2. The molecule has 0 amide bonds. The zero-order chi connectivity index (χ0) is 41.5. The van der Waals surface area contributed by atoms with Crippen molar-refractivity contribution >= 4 is 0 Å². The Kier molecular flexibility index (Phi) is 12.7. The van der Waals surface area contributed by atoms with E-state index in [0.717, 1.165) is 32.1 Å². The van der Waals surface area contributed by atoms with Crippen LogP contribution in [0.2, 0.25) is 0 Å². The molecule has 56 heavy (non-hydrogen) atoms. The largest absolute Gasteiger partial charge is 0.394 e. The predicted molar refractivity (Wildman–Crippen MR) is 202 cm³/mol. The summed E-state index contributed by atoms with van der Waals surface area (Å²) in [4.78, 5) is 0. The first-order valence-electron chi connectivity index (χ1n) is 21.0. The summed E-state index contributed by atoms with van der Waals surface area (Å²) < 4.78 is 24.1. The molecule has 2 saturated heterocycles. The molecule has 0 aromatic carbocycles. The average Bonchev–Trinajstić information content (AvgIpc) is 3.50. The third kappa shape index (κ3) is 7.16. The highest BCUT2D eigenvalue weighted by Crippen LogP contribution is 2.76. The van der Waals surface area contributed by atoms with E-state index in [4.69, 9.17) is 18.9 Å². The van der Waals surface area contributed by atoms with E-state index < -0.39 is 109 Å². The molecule has 0 aromatic rings. The molecule has 2 heterocycles. The second-order valence-electron chi connectivity index (χ2n) is 20.3. The fraction of sp³-hybridized carbons (Fsp3) is 0.952. The number of aliphatic hydroxyl groups is 10. The highest BCUT2D eigenvalue weighted by Gasteiger charge is 2.72. The molecule has 6 rings (SSSR count). The third-order valence-electron chi connectivity index (χ3n) is 16.5. The first-order valence-corrected chi connectivity index (χ1v) is 21.0. The number of fused-ring (bicyclic) bond motifs is 5. The minimum atomic E-state index is -1.81. The van der Waals surface area contributed by atoms with Gasteiger partial charge in [0.1, 0.15) is 48.8 Å². The number of aliphatic hydroxyl groups excluding tert-OH is 9. The summed E-state index contributed by atoms with van der Waals surface area (Å²) >= 11 is 0. The van der Waals surface area contributed by atoms with E-state index in [0.29, 0.717) is 19.3 Å². The van der Waals surface area contributed by atoms with Gasteiger partial charge in [-0.2, -0.15) is 0 Å². The van der Waals surface area contributed by atoms with Gasteiger partial charge in [0.2, 0.25) is 0 Å². The van der Waals surface area contributed by atoms with Gasteiger partial charge in [-0.15, -0.1) is 0 Å². The highest BCUT2D eigenvalue weighted by atomic mass is 16.8. The second kappa shape index (κ2) is 15.9. The van der Waals surface area contributed by atoms with Crippen molar-refractivity contribution in [3.05, 3.63) is 11.6 Å². The number of ether oxygens (including phenoxy) is 4. The van der Waals surface area contributed by atoms with Crippen molar-refractivity contribution in [2.45, 2.75) is 192 Å². The Morgan fingerprint density at radius 1 is 0.732 bits per heavy atom. The third-order valence-corrected chi connectivity index (χ3v) is 16.5. The maximum Gasteiger partial charge on any atom is 0.187 e. The lowest BCUT2D eigenvalue weighted by Crippen LogP contribution is -2.70. The van der Waals surface area contributed by atoms with E-state index in [1.807, 2.05) is 20.8 Å². The Morgan fingerprint density at radius 3 is 1.93 bits per heavy atom. The van der Waals surface area contributed by atoms with Crippen molar-refractivity contribution in [1.29, 1.82) is 0 Å². The van der Waals surface area contributed by atoms with Crippen molar-refractivity contribution in [2.24, 2.45) is 45.3 Å². The maximum absolute atomic E-state index is 12.2. The summed E-state index contributed by atoms with van der Waals surface area (Å²) in [7, 11) is 0. The zero-order valence-electron chi connectivity index (χ0n) is 34.6. The minimum Gasteiger partial charge on any atom is -0.394 e. The van der Waals surface area contributed by atoms with Gasteiger partial charge >= 0.3 is 0 Å². The summed E-state index contributed by atoms with van der Waals surface area (Å²) in [6.07, 6.45) is -10.5. The molecule has 0 spiro atoms. The van der Waals surface area contributed by atoms with Crippen LogP contribution >= 0.6 is 0 Å². The number of hydrogen-bond acceptors (Lipinski definition) is 14. The van der Waals surface area contributed by atoms with Crippen LogP contribution < -0.4 is 0 Å². The van der Waals surface area contributed by atoms with Crippen molar-refractivity contribution < 1.29 is 70.0 Å². The van der Waals surface area contributed by atoms with Crippen LogP contribution in [0.3, 0.4) is 0 Å². The van der Waals surface area contributed by atoms with E-state index in [-0.39, 0.29) is 34.5 Å². The van der Waals surface area contributed by atoms with Crippen molar-refractivity contribution in [1.82, 2.24) is 0 Å². The van der Waals surface area contributed by atoms with Crippen LogP contribution in [0.25, 0.3) is 0 Å². The van der Waals surface area contributed by atoms with Gasteiger partial charge < -0.3 is 70.0 Å². The molecule has 6 fully saturated rings. The molecule has 1 unspecified atom stereocenters. The molecule has 0 bridgehead atoms. The van der Waals surface area contributed by atoms with Crippen LogP contribution in [0.1, 0.15) is 107 Å². The first kappa shape index (κ1) is 44.7. The lowest BCUT2D eigenvalue weighted by Gasteiger charge is -2.71. The van der Waals surface area contributed by atoms with Crippen LogP contribution in [-0.4, -0.2) is 150 Å². The fourth-order valence-electron chi connectivity index (χ4n) is 13.5. The van der Waals surface area contributed by atoms with Crippen LogP contribution in [0.5, 0.6) is 0 Å². The van der Waals surface area contributed by atoms with Crippen LogP contribution in [0.4, 0.5) is 0 Å². The summed E-state index contributed by atoms with van der Waals surface area (Å²) in [5.74, 6) is -0.0322. The molecule has 14 nitrogen and oxygen atoms in total. The summed E-state index contributed by atoms with van der Waals surface area (Å²) in [6.45, 7) is 15.7. The van der Waals surface area contributed by atoms with Crippen molar-refractivity contribution in [2.75, 3.05) is 13.2 Å². The topological polar surface area (TPSA) is 239 Å². The second-order valence-corrected chi connectivity index (χ2v) is 20.3. The van der Waals surface area contributed by atoms with E-state index >= 15 is 0 Å². The molecule has 14 heteroatoms. The van der Waals surface area contributed by atoms with Crippen LogP contribution in [0, 0.1) is 45.3 Å². The standard InChI is InChI=1S/C42H72O14/c1-20(2)10-9-13-42(8,52)21-11-14-41(7)28(21)22(45)16-27-39(5)17-23(46)35(38(3,4)26(39)12-15-40(27,41)6)56-37-34(32(50)30(48)25(19-44)54-37)55-36-33(51)31(49)29(47)24(18-43)53-36/h10,21-37,43-52H,9,11-19H2,1-8H3/t21-,22+,23+,24+,25+,26-,27+,28-,29+,30+,31-,32-,33+,34+,35?,36-,37-,39-,40+,41+,42+/m0/s1. The van der Waals surface area contributed by atoms with E-state index in [1.54, 1.807) is 0 Å². The Labute approximate surface area is 331 Å². The predicted octanol–water partition coefficient (Wildman–Crippen LogP) is 1.12. The van der Waals surface area contributed by atoms with Gasteiger partial charge in [0, 0.05) is 0 Å². The van der Waals surface area contributed by atoms with Gasteiger partial charge in [0.05, 0.1) is 37.1 Å². The summed E-state index contributed by atoms with van der Waals surface area (Å²) in [5, 5.41) is 110. The maximum atomic E-state index is 12.2. The molecule has 324 valence electrons. The Balaban J connectivity index is 1.25. The normalized spacial score (nSPS) is 52.6. The van der Waals surface area contributed by atoms with E-state index in [1.165, 1.54) is 5.57 Å². The summed E-state index contributed by atoms with van der Waals surface area (Å²) in [6, 6.07) is 0. The fourth-order valence-corrected chi connectivity index (χ4v) is 13.5. The van der Waals surface area contributed by atoms with Crippen LogP contribution in [-0.2, 0) is 18.9 Å². The Morgan fingerprint density at radius 2 is 1.32 bits per heavy atom. The smallest absolute Gasteiger partial charge is 0.187 e. The van der Waals surface area contributed by atoms with Gasteiger partial charge in [0.25, 0.3) is 0 Å². The molecule has 4 saturated carbocycles. The van der Waals surface area contributed by atoms with Gasteiger partial charge in [-0.05, 0) is 117 Å². The molecule has 21 atom stereocenters. The van der Waals surface area contributed by atoms with Gasteiger partial charge in [-0.1, -0.05) is 46.3 Å². The van der Waals surface area contributed by atoms with Crippen molar-refractivity contribution in [3.63, 3.8) is 0 Å². The van der Waals surface area contributed by atoms with Crippen molar-refractivity contribution in [3.8, 4) is 0 Å². The highest BCUT2D eigenvalue weighted by molar-refractivity contribution is 5.21. The monoisotopic (exact) mass is 800 g/mol. The zero-order valence-corrected chi connectivity index (χ0v) is 34.6. The molecule has 4 aliphatic carbocycles. The average molecular weight is 801 g/mol. The molecular formula is C42H72O14. The molecule has 0 aromatic heterocycles.